The summed E-state index contributed by atoms with van der Waals surface area (Å²) in [6.45, 7) is -4.67. The van der Waals surface area contributed by atoms with Gasteiger partial charge in [0.2, 0.25) is 11.9 Å². The van der Waals surface area contributed by atoms with Crippen molar-refractivity contribution in [2.24, 2.45) is 5.92 Å². The van der Waals surface area contributed by atoms with E-state index in [4.69, 9.17) is 61.0 Å². The molecule has 1 amide bonds. The zero-order chi connectivity index (χ0) is 35.6. The van der Waals surface area contributed by atoms with E-state index in [1.807, 2.05) is 6.07 Å². The number of hydrogen-bond donors (Lipinski definition) is 3. The van der Waals surface area contributed by atoms with Crippen molar-refractivity contribution < 1.29 is 41.8 Å². The molecule has 24 heteroatoms. The smallest absolute Gasteiger partial charge is 0.327 e. The van der Waals surface area contributed by atoms with Gasteiger partial charge in [-0.05, 0) is 23.6 Å². The fraction of sp³-hybridized carbons (Fsp3) is 0.538. The Morgan fingerprint density at radius 3 is 2.84 bits per heavy atom. The summed E-state index contributed by atoms with van der Waals surface area (Å²) in [7, 11) is 1.39. The van der Waals surface area contributed by atoms with E-state index in [0.717, 1.165) is 0 Å². The molecule has 2 aliphatic rings. The molecule has 0 spiro atoms. The molecule has 6 atom stereocenters. The number of fused-ring (bicyclic) bond motifs is 6. The summed E-state index contributed by atoms with van der Waals surface area (Å²) < 4.78 is 45.1. The number of aromatic nitrogens is 8. The highest BCUT2D eigenvalue weighted by Gasteiger charge is 2.50. The number of H-pyrrole nitrogens is 1. The molecule has 50 heavy (non-hydrogen) atoms. The molecule has 0 saturated carbocycles. The van der Waals surface area contributed by atoms with Crippen LogP contribution in [-0.4, -0.2) is 95.1 Å². The van der Waals surface area contributed by atoms with E-state index < -0.39 is 49.5 Å². The number of methoxy groups -OCH3 is 1. The van der Waals surface area contributed by atoms with Crippen molar-refractivity contribution in [3.8, 4) is 6.07 Å². The summed E-state index contributed by atoms with van der Waals surface area (Å²) in [5, 5.41) is 11.7. The molecule has 0 aromatic carbocycles. The second-order valence-electron chi connectivity index (χ2n) is 11.2. The van der Waals surface area contributed by atoms with Gasteiger partial charge in [-0.2, -0.15) is 10.2 Å². The second kappa shape index (κ2) is 15.2. The number of imidazole rings is 2. The van der Waals surface area contributed by atoms with Crippen LogP contribution in [0.1, 0.15) is 32.3 Å². The van der Waals surface area contributed by atoms with E-state index in [0.29, 0.717) is 17.0 Å². The first kappa shape index (κ1) is 36.6. The molecule has 4 aromatic rings. The number of hydrogen-bond acceptors (Lipinski definition) is 17. The van der Waals surface area contributed by atoms with Gasteiger partial charge in [0.15, 0.2) is 23.0 Å². The van der Waals surface area contributed by atoms with Gasteiger partial charge >= 0.3 is 13.4 Å². The molecule has 6 rings (SSSR count). The average molecular weight is 771 g/mol. The highest BCUT2D eigenvalue weighted by molar-refractivity contribution is 8.07. The van der Waals surface area contributed by atoms with Crippen molar-refractivity contribution in [3.63, 3.8) is 0 Å². The predicted molar refractivity (Wildman–Crippen MR) is 180 cm³/mol. The number of anilines is 1. The number of aromatic amines is 1. The quantitative estimate of drug-likeness (QED) is 0.179. The van der Waals surface area contributed by atoms with Gasteiger partial charge in [0.1, 0.15) is 42.6 Å². The maximum Gasteiger partial charge on any atom is 0.327 e. The molecule has 1 fully saturated rings. The number of nitrogens with one attached hydrogen (secondary N) is 2. The Kier molecular flexibility index (Phi) is 11.1. The van der Waals surface area contributed by atoms with Crippen LogP contribution < -0.4 is 10.9 Å². The van der Waals surface area contributed by atoms with Crippen molar-refractivity contribution in [2.75, 3.05) is 32.2 Å². The molecule has 2 unspecified atom stereocenters. The van der Waals surface area contributed by atoms with Crippen LogP contribution in [0.25, 0.3) is 22.3 Å². The van der Waals surface area contributed by atoms with E-state index in [1.165, 1.54) is 30.5 Å². The van der Waals surface area contributed by atoms with Crippen LogP contribution in [0.2, 0.25) is 0 Å². The fourth-order valence-corrected chi connectivity index (χ4v) is 8.34. The number of rotatable bonds is 7. The third-order valence-corrected chi connectivity index (χ3v) is 11.5. The first-order chi connectivity index (χ1) is 23.9. The number of ether oxygens (including phenoxy) is 2. The minimum Gasteiger partial charge on any atom is -0.376 e. The van der Waals surface area contributed by atoms with Crippen molar-refractivity contribution in [2.45, 2.75) is 58.0 Å². The molecule has 20 nitrogen and oxygen atoms in total. The van der Waals surface area contributed by atoms with E-state index in [-0.39, 0.29) is 62.4 Å². The monoisotopic (exact) mass is 770 g/mol. The zero-order valence-corrected chi connectivity index (χ0v) is 30.2. The van der Waals surface area contributed by atoms with E-state index in [9.17, 15) is 14.5 Å². The maximum atomic E-state index is 13.0. The number of carbonyl (C=O) groups excluding carboxylic acids is 1. The Balaban J connectivity index is 1.40. The van der Waals surface area contributed by atoms with Crippen molar-refractivity contribution in [3.05, 3.63) is 35.0 Å². The summed E-state index contributed by atoms with van der Waals surface area (Å²) in [5.41, 5.74) is 0.236. The van der Waals surface area contributed by atoms with Gasteiger partial charge in [0.25, 0.3) is 5.56 Å². The molecule has 4 aromatic heterocycles. The van der Waals surface area contributed by atoms with Crippen LogP contribution in [0.4, 0.5) is 5.95 Å². The molecule has 1 saturated heterocycles. The van der Waals surface area contributed by atoms with Gasteiger partial charge in [0, 0.05) is 19.6 Å². The SMILES string of the molecule is CO[C@H]1[C@H]2OP(O)(=S)OCc3nc4cncnc4n3CCOP(=S)(OCCC#N)OC[C@H]1O[C@H]2n1cnc2c(=O)[nH]c(NC(=O)C(C)C)nc21. The fourth-order valence-electron chi connectivity index (χ4n) is 5.21. The first-order valence-electron chi connectivity index (χ1n) is 15.1. The Bertz CT molecular complexity index is 2090. The van der Waals surface area contributed by atoms with Gasteiger partial charge in [-0.25, -0.2) is 19.9 Å². The minimum absolute atomic E-state index is 0.0164. The number of nitrogens with zero attached hydrogens (tertiary/aromatic N) is 8. The van der Waals surface area contributed by atoms with Crippen LogP contribution in [0, 0.1) is 17.2 Å². The molecule has 3 N–H and O–H groups in total. The summed E-state index contributed by atoms with van der Waals surface area (Å²) in [6, 6.07) is 2.00. The van der Waals surface area contributed by atoms with Crippen molar-refractivity contribution in [1.29, 1.82) is 5.26 Å². The Labute approximate surface area is 293 Å². The molecule has 0 radical (unpaired) electrons. The maximum absolute atomic E-state index is 13.0. The first-order valence-corrected chi connectivity index (χ1v) is 20.2. The van der Waals surface area contributed by atoms with Gasteiger partial charge in [-0.3, -0.25) is 29.0 Å². The number of carbonyl (C=O) groups is 1. The van der Waals surface area contributed by atoms with Crippen molar-refractivity contribution >= 4 is 71.2 Å². The topological polar surface area (TPSA) is 245 Å². The summed E-state index contributed by atoms with van der Waals surface area (Å²) in [4.78, 5) is 60.8. The molecule has 2 bridgehead atoms. The molecular weight excluding hydrogens is 738 g/mol. The lowest BCUT2D eigenvalue weighted by atomic mass is 10.1. The zero-order valence-electron chi connectivity index (χ0n) is 26.8. The highest BCUT2D eigenvalue weighted by Crippen LogP contribution is 2.53. The average Bonchev–Trinajstić information content (AvgIpc) is 3.76. The van der Waals surface area contributed by atoms with E-state index in [2.05, 4.69) is 35.2 Å². The number of nitriles is 1. The van der Waals surface area contributed by atoms with E-state index >= 15 is 0 Å². The Morgan fingerprint density at radius 1 is 1.26 bits per heavy atom. The Hall–Kier alpha value is -3.16. The lowest BCUT2D eigenvalue weighted by Crippen LogP contribution is -2.37. The van der Waals surface area contributed by atoms with Crippen LogP contribution in [-0.2, 0) is 73.7 Å². The predicted octanol–water partition coefficient (Wildman–Crippen LogP) is 1.79. The van der Waals surface area contributed by atoms with Crippen LogP contribution in [0.15, 0.2) is 23.6 Å². The van der Waals surface area contributed by atoms with Crippen LogP contribution in [0.5, 0.6) is 0 Å². The molecule has 0 aliphatic carbocycles. The van der Waals surface area contributed by atoms with Crippen molar-refractivity contribution in [1.82, 2.24) is 39.0 Å². The molecule has 6 heterocycles. The molecule has 2 aliphatic heterocycles. The summed E-state index contributed by atoms with van der Waals surface area (Å²) in [5.74, 6) is -0.571. The molecule has 268 valence electrons. The van der Waals surface area contributed by atoms with Gasteiger partial charge in [0.05, 0.1) is 44.8 Å². The number of amides is 1. The molecular formula is C26H32N10O10P2S2. The normalized spacial score (nSPS) is 27.8. The third kappa shape index (κ3) is 7.84. The lowest BCUT2D eigenvalue weighted by molar-refractivity contribution is -0.118. The van der Waals surface area contributed by atoms with E-state index in [1.54, 1.807) is 18.4 Å². The largest absolute Gasteiger partial charge is 0.376 e. The Morgan fingerprint density at radius 2 is 2.08 bits per heavy atom. The standard InChI is InChI=1S/C26H32N10O10P2S2/c1-14(2)23(37)33-26-32-22-18(24(38)34-26)30-13-36(22)25-20-19(40-3)16(45-25)10-44-48(50,41-7-4-5-27)42-8-6-35-17(11-43-47(39,49)46-20)31-15-9-28-12-29-21(15)35/h9,12-14,16,19-20,25H,4,6-8,10-11H2,1-3H3,(H,39,49)(H2,32,33,34,37,38)/t16-,19-,20-,25-,47?,48?/m1/s1. The van der Waals surface area contributed by atoms with Gasteiger partial charge < -0.3 is 37.0 Å². The summed E-state index contributed by atoms with van der Waals surface area (Å²) in [6.07, 6.45) is -0.118. The minimum atomic E-state index is -4.10. The summed E-state index contributed by atoms with van der Waals surface area (Å²) >= 11 is 11.2. The third-order valence-electron chi connectivity index (χ3n) is 7.56. The second-order valence-corrected chi connectivity index (χ2v) is 17.0. The van der Waals surface area contributed by atoms with Crippen LogP contribution >= 0.6 is 13.4 Å². The van der Waals surface area contributed by atoms with Gasteiger partial charge in [-0.15, -0.1) is 0 Å². The lowest BCUT2D eigenvalue weighted by Gasteiger charge is -2.27. The van der Waals surface area contributed by atoms with Crippen LogP contribution in [0.3, 0.4) is 0 Å². The van der Waals surface area contributed by atoms with Gasteiger partial charge in [-0.1, -0.05) is 13.8 Å². The highest BCUT2D eigenvalue weighted by atomic mass is 32.5.